The van der Waals surface area contributed by atoms with Gasteiger partial charge in [-0.25, -0.2) is 0 Å². The van der Waals surface area contributed by atoms with Gasteiger partial charge in [0.2, 0.25) is 5.91 Å². The van der Waals surface area contributed by atoms with Gasteiger partial charge in [-0.15, -0.1) is 0 Å². The van der Waals surface area contributed by atoms with Crippen LogP contribution >= 0.6 is 0 Å². The largest absolute Gasteiger partial charge is 0.494 e. The van der Waals surface area contributed by atoms with Crippen molar-refractivity contribution in [2.24, 2.45) is 0 Å². The predicted octanol–water partition coefficient (Wildman–Crippen LogP) is 4.47. The van der Waals surface area contributed by atoms with Gasteiger partial charge < -0.3 is 29.2 Å². The second-order valence-corrected chi connectivity index (χ2v) is 8.27. The van der Waals surface area contributed by atoms with Gasteiger partial charge in [-0.3, -0.25) is 9.59 Å². The van der Waals surface area contributed by atoms with Crippen molar-refractivity contribution in [1.29, 1.82) is 0 Å². The Morgan fingerprint density at radius 1 is 1.00 bits per heavy atom. The smallest absolute Gasteiger partial charge is 0.265 e. The summed E-state index contributed by atoms with van der Waals surface area (Å²) in [5.74, 6) is 2.43. The van der Waals surface area contributed by atoms with Gasteiger partial charge in [-0.2, -0.15) is 0 Å². The molecule has 0 saturated heterocycles. The molecular weight excluding hydrogens is 460 g/mol. The number of nitrogens with zero attached hydrogens (tertiary/aromatic N) is 1. The number of fused-ring (bicyclic) bond motifs is 1. The molecule has 3 aromatic rings. The van der Waals surface area contributed by atoms with Crippen LogP contribution in [0.2, 0.25) is 0 Å². The predicted molar refractivity (Wildman–Crippen MR) is 137 cm³/mol. The Labute approximate surface area is 210 Å². The number of nitrogens with one attached hydrogen (secondary N) is 1. The van der Waals surface area contributed by atoms with Crippen molar-refractivity contribution in [3.05, 3.63) is 72.3 Å². The maximum absolute atomic E-state index is 12.6. The summed E-state index contributed by atoms with van der Waals surface area (Å²) in [5, 5.41) is 2.92. The molecule has 0 aromatic heterocycles. The van der Waals surface area contributed by atoms with E-state index in [-0.39, 0.29) is 18.4 Å². The molecule has 3 aromatic carbocycles. The zero-order valence-corrected chi connectivity index (χ0v) is 20.5. The highest BCUT2D eigenvalue weighted by Gasteiger charge is 2.25. The minimum absolute atomic E-state index is 0.0103. The second-order valence-electron chi connectivity index (χ2n) is 8.27. The highest BCUT2D eigenvalue weighted by molar-refractivity contribution is 5.99. The fourth-order valence-corrected chi connectivity index (χ4v) is 3.97. The average molecular weight is 491 g/mol. The molecule has 2 amide bonds. The highest BCUT2D eigenvalue weighted by Crippen LogP contribution is 2.35. The molecule has 0 fully saturated rings. The van der Waals surface area contributed by atoms with Crippen molar-refractivity contribution < 1.29 is 28.5 Å². The van der Waals surface area contributed by atoms with Crippen LogP contribution in [0.1, 0.15) is 18.4 Å². The van der Waals surface area contributed by atoms with Crippen LogP contribution in [0.5, 0.6) is 23.0 Å². The summed E-state index contributed by atoms with van der Waals surface area (Å²) in [4.78, 5) is 26.9. The number of para-hydroxylation sites is 1. The van der Waals surface area contributed by atoms with E-state index in [9.17, 15) is 9.59 Å². The van der Waals surface area contributed by atoms with Gasteiger partial charge >= 0.3 is 0 Å². The number of anilines is 2. The molecule has 1 aliphatic rings. The first-order chi connectivity index (χ1) is 17.6. The Morgan fingerprint density at radius 2 is 1.81 bits per heavy atom. The third-order valence-electron chi connectivity index (χ3n) is 5.81. The van der Waals surface area contributed by atoms with E-state index in [2.05, 4.69) is 5.32 Å². The lowest BCUT2D eigenvalue weighted by Crippen LogP contribution is -2.39. The minimum atomic E-state index is -0.129. The van der Waals surface area contributed by atoms with Crippen LogP contribution in [0, 0.1) is 0 Å². The first-order valence-corrected chi connectivity index (χ1v) is 11.8. The van der Waals surface area contributed by atoms with Crippen molar-refractivity contribution in [3.8, 4) is 23.0 Å². The highest BCUT2D eigenvalue weighted by atomic mass is 16.5. The summed E-state index contributed by atoms with van der Waals surface area (Å²) < 4.78 is 21.9. The number of carbonyl (C=O) groups excluding carboxylic acids is 2. The van der Waals surface area contributed by atoms with Crippen LogP contribution in [0.15, 0.2) is 66.7 Å². The maximum Gasteiger partial charge on any atom is 0.265 e. The number of amides is 2. The molecule has 36 heavy (non-hydrogen) atoms. The zero-order valence-electron chi connectivity index (χ0n) is 20.5. The van der Waals surface area contributed by atoms with E-state index in [4.69, 9.17) is 18.9 Å². The van der Waals surface area contributed by atoms with Gasteiger partial charge in [-0.1, -0.05) is 24.3 Å². The van der Waals surface area contributed by atoms with Gasteiger partial charge in [0.15, 0.2) is 18.1 Å². The third kappa shape index (κ3) is 6.27. The van der Waals surface area contributed by atoms with E-state index >= 15 is 0 Å². The number of methoxy groups -OCH3 is 2. The van der Waals surface area contributed by atoms with E-state index in [0.717, 1.165) is 11.3 Å². The molecule has 0 bridgehead atoms. The number of rotatable bonds is 11. The molecule has 1 aliphatic heterocycles. The molecule has 8 nitrogen and oxygen atoms in total. The summed E-state index contributed by atoms with van der Waals surface area (Å²) in [5.41, 5.74) is 2.22. The first-order valence-electron chi connectivity index (χ1n) is 11.8. The molecule has 0 spiro atoms. The first kappa shape index (κ1) is 24.9. The van der Waals surface area contributed by atoms with E-state index in [1.807, 2.05) is 48.5 Å². The fraction of sp³-hybridized carbons (Fsp3) is 0.286. The van der Waals surface area contributed by atoms with Gasteiger partial charge in [0.05, 0.1) is 26.5 Å². The Hall–Kier alpha value is -4.20. The molecule has 188 valence electrons. The Bertz CT molecular complexity index is 1200. The van der Waals surface area contributed by atoms with E-state index in [0.29, 0.717) is 61.0 Å². The van der Waals surface area contributed by atoms with Crippen LogP contribution in [-0.4, -0.2) is 45.8 Å². The van der Waals surface area contributed by atoms with Gasteiger partial charge in [-0.05, 0) is 60.9 Å². The number of hydrogen-bond donors (Lipinski definition) is 1. The molecule has 0 atom stereocenters. The SMILES string of the molecule is COc1ccc(CCC(=O)Nc2ccc3c(c2)N(CCCOc2ccccc2)C(=O)CO3)cc1OC. The van der Waals surface area contributed by atoms with Crippen LogP contribution < -0.4 is 29.2 Å². The van der Waals surface area contributed by atoms with Crippen molar-refractivity contribution in [2.45, 2.75) is 19.3 Å². The van der Waals surface area contributed by atoms with Crippen molar-refractivity contribution >= 4 is 23.2 Å². The van der Waals surface area contributed by atoms with Crippen molar-refractivity contribution in [3.63, 3.8) is 0 Å². The average Bonchev–Trinajstić information content (AvgIpc) is 2.91. The Balaban J connectivity index is 1.34. The van der Waals surface area contributed by atoms with Crippen LogP contribution in [0.4, 0.5) is 11.4 Å². The molecular formula is C28H30N2O6. The number of carbonyl (C=O) groups is 2. The lowest BCUT2D eigenvalue weighted by atomic mass is 10.1. The van der Waals surface area contributed by atoms with Gasteiger partial charge in [0.1, 0.15) is 11.5 Å². The lowest BCUT2D eigenvalue weighted by Gasteiger charge is -2.30. The van der Waals surface area contributed by atoms with E-state index in [1.54, 1.807) is 37.3 Å². The molecule has 4 rings (SSSR count). The summed E-state index contributed by atoms with van der Waals surface area (Å²) in [7, 11) is 3.17. The number of ether oxygens (including phenoxy) is 4. The summed E-state index contributed by atoms with van der Waals surface area (Å²) in [6.45, 7) is 0.957. The third-order valence-corrected chi connectivity index (χ3v) is 5.81. The van der Waals surface area contributed by atoms with Gasteiger partial charge in [0, 0.05) is 18.7 Å². The molecule has 0 saturated carbocycles. The van der Waals surface area contributed by atoms with Crippen LogP contribution in [0.25, 0.3) is 0 Å². The van der Waals surface area contributed by atoms with Crippen LogP contribution in [-0.2, 0) is 16.0 Å². The van der Waals surface area contributed by atoms with Crippen LogP contribution in [0.3, 0.4) is 0 Å². The molecule has 0 radical (unpaired) electrons. The fourth-order valence-electron chi connectivity index (χ4n) is 3.97. The summed E-state index contributed by atoms with van der Waals surface area (Å²) in [6, 6.07) is 20.5. The quantitative estimate of drug-likeness (QED) is 0.399. The number of aryl methyl sites for hydroxylation is 1. The number of benzene rings is 3. The monoisotopic (exact) mass is 490 g/mol. The van der Waals surface area contributed by atoms with E-state index < -0.39 is 0 Å². The lowest BCUT2D eigenvalue weighted by molar-refractivity contribution is -0.121. The molecule has 1 N–H and O–H groups in total. The summed E-state index contributed by atoms with van der Waals surface area (Å²) in [6.07, 6.45) is 1.50. The molecule has 0 unspecified atom stereocenters. The molecule has 1 heterocycles. The molecule has 8 heteroatoms. The number of hydrogen-bond acceptors (Lipinski definition) is 6. The van der Waals surface area contributed by atoms with Crippen molar-refractivity contribution in [2.75, 3.05) is 44.2 Å². The minimum Gasteiger partial charge on any atom is -0.494 e. The maximum atomic E-state index is 12.6. The Morgan fingerprint density at radius 3 is 2.58 bits per heavy atom. The van der Waals surface area contributed by atoms with E-state index in [1.165, 1.54) is 0 Å². The Kier molecular flexibility index (Phi) is 8.28. The second kappa shape index (κ2) is 12.0. The summed E-state index contributed by atoms with van der Waals surface area (Å²) >= 11 is 0. The normalized spacial score (nSPS) is 12.4. The topological polar surface area (TPSA) is 86.3 Å². The van der Waals surface area contributed by atoms with Gasteiger partial charge in [0.25, 0.3) is 5.91 Å². The van der Waals surface area contributed by atoms with Crippen molar-refractivity contribution in [1.82, 2.24) is 0 Å². The zero-order chi connectivity index (χ0) is 25.3. The standard InChI is InChI=1S/C28H30N2O6/c1-33-25-12-9-20(17-26(25)34-2)10-14-27(31)29-21-11-13-24-23(18-21)30(28(32)19-36-24)15-6-16-35-22-7-4-3-5-8-22/h3-5,7-9,11-13,17-18H,6,10,14-16,19H2,1-2H3,(H,29,31). The molecule has 0 aliphatic carbocycles.